The highest BCUT2D eigenvalue weighted by atomic mass is 16.3. The number of benzene rings is 2. The van der Waals surface area contributed by atoms with E-state index >= 15 is 0 Å². The Morgan fingerprint density at radius 1 is 1.00 bits per heavy atom. The molecular weight excluding hydrogens is 266 g/mol. The molecule has 0 aromatic heterocycles. The van der Waals surface area contributed by atoms with Crippen LogP contribution >= 0.6 is 0 Å². The predicted molar refractivity (Wildman–Crippen MR) is 81.7 cm³/mol. The Bertz CT molecular complexity index is 645. The summed E-state index contributed by atoms with van der Waals surface area (Å²) >= 11 is 0. The van der Waals surface area contributed by atoms with E-state index in [-0.39, 0.29) is 17.4 Å². The number of hydrogen-bond donors (Lipinski definition) is 3. The topological polar surface area (TPSA) is 69.6 Å². The normalized spacial score (nSPS) is 10.4. The number of phenolic OH excluding ortho intramolecular Hbond substituents is 2. The number of phenols is 2. The van der Waals surface area contributed by atoms with E-state index in [4.69, 9.17) is 0 Å². The van der Waals surface area contributed by atoms with E-state index < -0.39 is 0 Å². The summed E-state index contributed by atoms with van der Waals surface area (Å²) in [4.78, 5) is 12.1. The van der Waals surface area contributed by atoms with Gasteiger partial charge in [-0.25, -0.2) is 0 Å². The molecule has 4 heteroatoms. The Morgan fingerprint density at radius 3 is 2.29 bits per heavy atom. The maximum atomic E-state index is 12.1. The summed E-state index contributed by atoms with van der Waals surface area (Å²) < 4.78 is 0. The first-order chi connectivity index (χ1) is 9.95. The van der Waals surface area contributed by atoms with Gasteiger partial charge in [-0.2, -0.15) is 0 Å². The van der Waals surface area contributed by atoms with E-state index in [1.54, 1.807) is 6.07 Å². The number of nitrogens with one attached hydrogen (secondary N) is 1. The fourth-order valence-electron chi connectivity index (χ4n) is 2.25. The Hall–Kier alpha value is -2.49. The van der Waals surface area contributed by atoms with Gasteiger partial charge in [0.2, 0.25) is 0 Å². The number of aromatic hydroxyl groups is 2. The summed E-state index contributed by atoms with van der Waals surface area (Å²) in [6.45, 7) is 4.39. The first kappa shape index (κ1) is 14.9. The summed E-state index contributed by atoms with van der Waals surface area (Å²) in [7, 11) is 0. The van der Waals surface area contributed by atoms with Gasteiger partial charge < -0.3 is 15.5 Å². The van der Waals surface area contributed by atoms with Gasteiger partial charge in [0.1, 0.15) is 0 Å². The van der Waals surface area contributed by atoms with Crippen molar-refractivity contribution in [1.29, 1.82) is 0 Å². The van der Waals surface area contributed by atoms with Crippen LogP contribution in [0.1, 0.15) is 27.0 Å². The van der Waals surface area contributed by atoms with E-state index in [0.717, 1.165) is 16.7 Å². The van der Waals surface area contributed by atoms with Gasteiger partial charge in [-0.15, -0.1) is 0 Å². The summed E-state index contributed by atoms with van der Waals surface area (Å²) in [5.41, 5.74) is 3.62. The van der Waals surface area contributed by atoms with Crippen LogP contribution in [-0.4, -0.2) is 22.7 Å². The second-order valence-corrected chi connectivity index (χ2v) is 5.21. The molecular formula is C17H19NO3. The van der Waals surface area contributed by atoms with Crippen LogP contribution in [0.4, 0.5) is 0 Å². The van der Waals surface area contributed by atoms with Crippen molar-refractivity contribution in [1.82, 2.24) is 5.32 Å². The predicted octanol–water partition coefficient (Wildman–Crippen LogP) is 2.69. The summed E-state index contributed by atoms with van der Waals surface area (Å²) in [6.07, 6.45) is 0.588. The van der Waals surface area contributed by atoms with E-state index in [9.17, 15) is 15.0 Å². The zero-order valence-corrected chi connectivity index (χ0v) is 12.2. The molecule has 2 rings (SSSR count). The fourth-order valence-corrected chi connectivity index (χ4v) is 2.25. The number of carbonyl (C=O) groups is 1. The van der Waals surface area contributed by atoms with Gasteiger partial charge in [0.15, 0.2) is 11.5 Å². The number of aryl methyl sites for hydroxylation is 2. The smallest absolute Gasteiger partial charge is 0.251 e. The van der Waals surface area contributed by atoms with Gasteiger partial charge >= 0.3 is 0 Å². The molecule has 21 heavy (non-hydrogen) atoms. The minimum atomic E-state index is -0.145. The lowest BCUT2D eigenvalue weighted by molar-refractivity contribution is 0.0954. The molecule has 110 valence electrons. The van der Waals surface area contributed by atoms with Gasteiger partial charge in [0, 0.05) is 12.1 Å². The van der Waals surface area contributed by atoms with Gasteiger partial charge in [0.25, 0.3) is 5.91 Å². The summed E-state index contributed by atoms with van der Waals surface area (Å²) in [5.74, 6) is -0.393. The monoisotopic (exact) mass is 285 g/mol. The maximum absolute atomic E-state index is 12.1. The molecule has 1 amide bonds. The molecule has 0 aliphatic heterocycles. The lowest BCUT2D eigenvalue weighted by Gasteiger charge is -2.08. The molecule has 0 spiro atoms. The first-order valence-electron chi connectivity index (χ1n) is 6.83. The quantitative estimate of drug-likeness (QED) is 0.756. The van der Waals surface area contributed by atoms with Crippen LogP contribution in [0.5, 0.6) is 11.5 Å². The van der Waals surface area contributed by atoms with Crippen LogP contribution in [0.25, 0.3) is 0 Å². The third kappa shape index (κ3) is 3.99. The molecule has 0 aliphatic rings. The van der Waals surface area contributed by atoms with Gasteiger partial charge in [0.05, 0.1) is 0 Å². The number of amides is 1. The van der Waals surface area contributed by atoms with Crippen molar-refractivity contribution < 1.29 is 15.0 Å². The second kappa shape index (κ2) is 6.31. The van der Waals surface area contributed by atoms with E-state index in [1.165, 1.54) is 12.1 Å². The van der Waals surface area contributed by atoms with Crippen LogP contribution in [-0.2, 0) is 6.42 Å². The van der Waals surface area contributed by atoms with Crippen LogP contribution < -0.4 is 5.32 Å². The van der Waals surface area contributed by atoms with Gasteiger partial charge in [-0.1, -0.05) is 23.3 Å². The van der Waals surface area contributed by atoms with E-state index in [1.807, 2.05) is 32.0 Å². The highest BCUT2D eigenvalue weighted by Crippen LogP contribution is 2.24. The third-order valence-electron chi connectivity index (χ3n) is 3.22. The van der Waals surface area contributed by atoms with Crippen LogP contribution in [0.2, 0.25) is 0 Å². The summed E-state index contributed by atoms with van der Waals surface area (Å²) in [5, 5.41) is 21.5. The van der Waals surface area contributed by atoms with Crippen molar-refractivity contribution in [2.24, 2.45) is 0 Å². The molecule has 0 saturated carbocycles. The number of rotatable bonds is 4. The average molecular weight is 285 g/mol. The minimum absolute atomic E-state index is 0.107. The largest absolute Gasteiger partial charge is 0.504 e. The van der Waals surface area contributed by atoms with Crippen molar-refractivity contribution in [3.05, 3.63) is 58.7 Å². The SMILES string of the molecule is Cc1cc(C)cc(C(=O)NCCc2ccc(O)c(O)c2)c1. The third-order valence-corrected chi connectivity index (χ3v) is 3.22. The molecule has 2 aromatic carbocycles. The standard InChI is InChI=1S/C17H19NO3/c1-11-7-12(2)9-14(8-11)17(21)18-6-5-13-3-4-15(19)16(20)10-13/h3-4,7-10,19-20H,5-6H2,1-2H3,(H,18,21). The lowest BCUT2D eigenvalue weighted by Crippen LogP contribution is -2.25. The first-order valence-corrected chi connectivity index (χ1v) is 6.83. The molecule has 0 aliphatic carbocycles. The number of hydrogen-bond acceptors (Lipinski definition) is 3. The van der Waals surface area contributed by atoms with Crippen molar-refractivity contribution in [3.63, 3.8) is 0 Å². The molecule has 0 fully saturated rings. The van der Waals surface area contributed by atoms with Crippen molar-refractivity contribution in [2.45, 2.75) is 20.3 Å². The fraction of sp³-hybridized carbons (Fsp3) is 0.235. The Balaban J connectivity index is 1.93. The average Bonchev–Trinajstić information content (AvgIpc) is 2.41. The second-order valence-electron chi connectivity index (χ2n) is 5.21. The maximum Gasteiger partial charge on any atom is 0.251 e. The van der Waals surface area contributed by atoms with Crippen molar-refractivity contribution >= 4 is 5.91 Å². The number of carbonyl (C=O) groups excluding carboxylic acids is 1. The molecule has 0 radical (unpaired) electrons. The molecule has 0 atom stereocenters. The van der Waals surface area contributed by atoms with E-state index in [2.05, 4.69) is 5.32 Å². The highest BCUT2D eigenvalue weighted by molar-refractivity contribution is 5.94. The van der Waals surface area contributed by atoms with Crippen molar-refractivity contribution in [3.8, 4) is 11.5 Å². The van der Waals surface area contributed by atoms with Gasteiger partial charge in [-0.05, 0) is 50.1 Å². The molecule has 4 nitrogen and oxygen atoms in total. The lowest BCUT2D eigenvalue weighted by atomic mass is 10.1. The van der Waals surface area contributed by atoms with Crippen LogP contribution in [0.3, 0.4) is 0 Å². The molecule has 0 bridgehead atoms. The molecule has 0 unspecified atom stereocenters. The van der Waals surface area contributed by atoms with Crippen LogP contribution in [0, 0.1) is 13.8 Å². The van der Waals surface area contributed by atoms with Gasteiger partial charge in [-0.3, -0.25) is 4.79 Å². The Kier molecular flexibility index (Phi) is 4.48. The molecule has 0 heterocycles. The highest BCUT2D eigenvalue weighted by Gasteiger charge is 2.06. The Labute approximate surface area is 124 Å². The summed E-state index contributed by atoms with van der Waals surface area (Å²) in [6, 6.07) is 10.4. The zero-order chi connectivity index (χ0) is 15.4. The van der Waals surface area contributed by atoms with Crippen LogP contribution in [0.15, 0.2) is 36.4 Å². The molecule has 3 N–H and O–H groups in total. The zero-order valence-electron chi connectivity index (χ0n) is 12.2. The minimum Gasteiger partial charge on any atom is -0.504 e. The molecule has 2 aromatic rings. The van der Waals surface area contributed by atoms with Crippen molar-refractivity contribution in [2.75, 3.05) is 6.54 Å². The molecule has 0 saturated heterocycles. The Morgan fingerprint density at radius 2 is 1.67 bits per heavy atom. The van der Waals surface area contributed by atoms with E-state index in [0.29, 0.717) is 18.5 Å².